The number of unbranched alkanes of at least 4 members (excludes halogenated alkanes) is 3. The summed E-state index contributed by atoms with van der Waals surface area (Å²) < 4.78 is 4.89. The van der Waals surface area contributed by atoms with Crippen LogP contribution in [-0.4, -0.2) is 30.0 Å². The van der Waals surface area contributed by atoms with E-state index in [1.807, 2.05) is 38.1 Å². The van der Waals surface area contributed by atoms with Crippen LogP contribution in [0.3, 0.4) is 0 Å². The highest BCUT2D eigenvalue weighted by molar-refractivity contribution is 6.08. The summed E-state index contributed by atoms with van der Waals surface area (Å²) in [5, 5.41) is 3.95. The Kier molecular flexibility index (Phi) is 6.85. The topological polar surface area (TPSA) is 71.2 Å². The molecular formula is C19H26N2O3. The first-order valence-electron chi connectivity index (χ1n) is 8.64. The molecule has 0 atom stereocenters. The average Bonchev–Trinajstić information content (AvgIpc) is 2.89. The van der Waals surface area contributed by atoms with Gasteiger partial charge in [0.1, 0.15) is 0 Å². The van der Waals surface area contributed by atoms with E-state index < -0.39 is 0 Å². The summed E-state index contributed by atoms with van der Waals surface area (Å²) in [6.07, 6.45) is 4.20. The lowest BCUT2D eigenvalue weighted by atomic mass is 10.1. The largest absolute Gasteiger partial charge is 0.466 e. The second-order valence-corrected chi connectivity index (χ2v) is 5.90. The van der Waals surface area contributed by atoms with Gasteiger partial charge in [0.25, 0.3) is 5.91 Å². The minimum atomic E-state index is -0.124. The van der Waals surface area contributed by atoms with Crippen LogP contribution in [0.5, 0.6) is 0 Å². The molecule has 2 aromatic rings. The third kappa shape index (κ3) is 4.85. The molecule has 1 aromatic heterocycles. The smallest absolute Gasteiger partial charge is 0.305 e. The van der Waals surface area contributed by atoms with Crippen molar-refractivity contribution in [1.29, 1.82) is 0 Å². The number of fused-ring (bicyclic) bond motifs is 1. The number of aromatic nitrogens is 1. The Morgan fingerprint density at radius 3 is 2.67 bits per heavy atom. The van der Waals surface area contributed by atoms with Crippen LogP contribution < -0.4 is 5.32 Å². The van der Waals surface area contributed by atoms with Crippen LogP contribution >= 0.6 is 0 Å². The van der Waals surface area contributed by atoms with Crippen LogP contribution in [0.2, 0.25) is 0 Å². The zero-order valence-electron chi connectivity index (χ0n) is 14.5. The number of aromatic amines is 1. The van der Waals surface area contributed by atoms with E-state index in [9.17, 15) is 9.59 Å². The molecule has 5 heteroatoms. The summed E-state index contributed by atoms with van der Waals surface area (Å²) >= 11 is 0. The fraction of sp³-hybridized carbons (Fsp3) is 0.474. The summed E-state index contributed by atoms with van der Waals surface area (Å²) in [5.74, 6) is -0.155. The number of ether oxygens (including phenoxy) is 1. The number of H-pyrrole nitrogens is 1. The third-order valence-corrected chi connectivity index (χ3v) is 4.02. The van der Waals surface area contributed by atoms with E-state index in [0.717, 1.165) is 47.8 Å². The first-order valence-corrected chi connectivity index (χ1v) is 8.64. The average molecular weight is 330 g/mol. The number of hydrogen-bond donors (Lipinski definition) is 2. The zero-order valence-corrected chi connectivity index (χ0v) is 14.5. The van der Waals surface area contributed by atoms with Gasteiger partial charge in [-0.2, -0.15) is 0 Å². The molecule has 0 spiro atoms. The van der Waals surface area contributed by atoms with Gasteiger partial charge in [-0.15, -0.1) is 0 Å². The fourth-order valence-corrected chi connectivity index (χ4v) is 2.84. The zero-order chi connectivity index (χ0) is 17.4. The summed E-state index contributed by atoms with van der Waals surface area (Å²) in [4.78, 5) is 26.9. The Morgan fingerprint density at radius 1 is 1.12 bits per heavy atom. The molecule has 0 aliphatic rings. The number of esters is 1. The molecule has 0 fully saturated rings. The molecule has 1 heterocycles. The highest BCUT2D eigenvalue weighted by Gasteiger charge is 2.14. The Morgan fingerprint density at radius 2 is 1.88 bits per heavy atom. The highest BCUT2D eigenvalue weighted by Crippen LogP contribution is 2.21. The number of nitrogens with one attached hydrogen (secondary N) is 2. The first kappa shape index (κ1) is 18.0. The maximum absolute atomic E-state index is 12.4. The summed E-state index contributed by atoms with van der Waals surface area (Å²) in [7, 11) is 0. The molecule has 0 unspecified atom stereocenters. The number of para-hydroxylation sites is 1. The Balaban J connectivity index is 1.70. The molecule has 0 radical (unpaired) electrons. The molecule has 130 valence electrons. The van der Waals surface area contributed by atoms with Crippen molar-refractivity contribution in [2.45, 2.75) is 46.0 Å². The summed E-state index contributed by atoms with van der Waals surface area (Å²) in [6.45, 7) is 4.83. The van der Waals surface area contributed by atoms with Crippen molar-refractivity contribution >= 4 is 22.8 Å². The number of hydrogen-bond acceptors (Lipinski definition) is 3. The second kappa shape index (κ2) is 9.11. The van der Waals surface area contributed by atoms with Gasteiger partial charge < -0.3 is 15.0 Å². The van der Waals surface area contributed by atoms with Crippen LogP contribution in [0.4, 0.5) is 0 Å². The van der Waals surface area contributed by atoms with Crippen LogP contribution in [0.15, 0.2) is 24.3 Å². The lowest BCUT2D eigenvalue weighted by Gasteiger charge is -2.06. The van der Waals surface area contributed by atoms with Crippen molar-refractivity contribution in [3.8, 4) is 0 Å². The number of amides is 1. The van der Waals surface area contributed by atoms with Gasteiger partial charge >= 0.3 is 5.97 Å². The van der Waals surface area contributed by atoms with Gasteiger partial charge in [-0.05, 0) is 32.8 Å². The lowest BCUT2D eigenvalue weighted by molar-refractivity contribution is -0.143. The van der Waals surface area contributed by atoms with Gasteiger partial charge in [0.05, 0.1) is 12.2 Å². The molecule has 2 N–H and O–H groups in total. The van der Waals surface area contributed by atoms with Crippen LogP contribution in [0.1, 0.15) is 55.1 Å². The molecule has 0 saturated heterocycles. The molecule has 0 bridgehead atoms. The Labute approximate surface area is 142 Å². The Bertz CT molecular complexity index is 691. The van der Waals surface area contributed by atoms with E-state index >= 15 is 0 Å². The van der Waals surface area contributed by atoms with Gasteiger partial charge in [-0.25, -0.2) is 0 Å². The van der Waals surface area contributed by atoms with Crippen LogP contribution in [0.25, 0.3) is 10.9 Å². The van der Waals surface area contributed by atoms with Crippen LogP contribution in [0, 0.1) is 6.92 Å². The molecule has 0 saturated carbocycles. The quantitative estimate of drug-likeness (QED) is 0.544. The van der Waals surface area contributed by atoms with E-state index in [4.69, 9.17) is 4.74 Å². The number of rotatable bonds is 9. The fourth-order valence-electron chi connectivity index (χ4n) is 2.84. The predicted molar refractivity (Wildman–Crippen MR) is 95.1 cm³/mol. The van der Waals surface area contributed by atoms with E-state index in [-0.39, 0.29) is 11.9 Å². The molecule has 1 aromatic carbocycles. The summed E-state index contributed by atoms with van der Waals surface area (Å²) in [5.41, 5.74) is 2.61. The monoisotopic (exact) mass is 330 g/mol. The van der Waals surface area contributed by atoms with E-state index in [0.29, 0.717) is 19.6 Å². The highest BCUT2D eigenvalue weighted by atomic mass is 16.5. The maximum atomic E-state index is 12.4. The van der Waals surface area contributed by atoms with Gasteiger partial charge in [0.2, 0.25) is 0 Å². The van der Waals surface area contributed by atoms with Crippen molar-refractivity contribution in [1.82, 2.24) is 10.3 Å². The van der Waals surface area contributed by atoms with Gasteiger partial charge in [-0.3, -0.25) is 9.59 Å². The van der Waals surface area contributed by atoms with E-state index in [1.54, 1.807) is 0 Å². The Hall–Kier alpha value is -2.30. The molecular weight excluding hydrogens is 304 g/mol. The molecule has 5 nitrogen and oxygen atoms in total. The van der Waals surface area contributed by atoms with E-state index in [2.05, 4.69) is 10.3 Å². The van der Waals surface area contributed by atoms with Gasteiger partial charge in [0, 0.05) is 29.6 Å². The number of carbonyl (C=O) groups excluding carboxylic acids is 2. The molecule has 0 aliphatic carbocycles. The van der Waals surface area contributed by atoms with Crippen molar-refractivity contribution in [2.24, 2.45) is 0 Å². The molecule has 2 rings (SSSR count). The van der Waals surface area contributed by atoms with Crippen LogP contribution in [-0.2, 0) is 9.53 Å². The van der Waals surface area contributed by atoms with Crippen molar-refractivity contribution in [3.63, 3.8) is 0 Å². The molecule has 24 heavy (non-hydrogen) atoms. The normalized spacial score (nSPS) is 10.8. The van der Waals surface area contributed by atoms with Crippen molar-refractivity contribution in [3.05, 3.63) is 35.5 Å². The predicted octanol–water partition coefficient (Wildman–Crippen LogP) is 3.72. The van der Waals surface area contributed by atoms with E-state index in [1.165, 1.54) is 0 Å². The second-order valence-electron chi connectivity index (χ2n) is 5.90. The van der Waals surface area contributed by atoms with Crippen molar-refractivity contribution in [2.75, 3.05) is 13.2 Å². The molecule has 1 amide bonds. The molecule has 0 aliphatic heterocycles. The maximum Gasteiger partial charge on any atom is 0.305 e. The first-order chi connectivity index (χ1) is 11.6. The minimum absolute atomic E-state index is 0.0310. The number of carbonyl (C=O) groups is 2. The summed E-state index contributed by atoms with van der Waals surface area (Å²) in [6, 6.07) is 7.83. The lowest BCUT2D eigenvalue weighted by Crippen LogP contribution is -2.24. The van der Waals surface area contributed by atoms with Crippen molar-refractivity contribution < 1.29 is 14.3 Å². The van der Waals surface area contributed by atoms with Gasteiger partial charge in [-0.1, -0.05) is 31.0 Å². The number of benzene rings is 1. The SMILES string of the molecule is CCOC(=O)CCCCCCNC(=O)c1c(C)[nH]c2ccccc12. The third-order valence-electron chi connectivity index (χ3n) is 4.02. The number of aryl methyl sites for hydroxylation is 1. The minimum Gasteiger partial charge on any atom is -0.466 e. The standard InChI is InChI=1S/C19H26N2O3/c1-3-24-17(22)12-6-4-5-9-13-20-19(23)18-14(2)21-16-11-8-7-10-15(16)18/h7-8,10-11,21H,3-6,9,12-13H2,1-2H3,(H,20,23). The van der Waals surface area contributed by atoms with Gasteiger partial charge in [0.15, 0.2) is 0 Å².